The molecule has 4 rings (SSSR count). The van der Waals surface area contributed by atoms with Gasteiger partial charge in [-0.25, -0.2) is 4.98 Å². The van der Waals surface area contributed by atoms with Crippen molar-refractivity contribution in [1.29, 1.82) is 0 Å². The Balaban J connectivity index is 1.62. The number of amides is 3. The highest BCUT2D eigenvalue weighted by Gasteiger charge is 2.52. The third-order valence-corrected chi connectivity index (χ3v) is 6.11. The van der Waals surface area contributed by atoms with Gasteiger partial charge in [-0.05, 0) is 23.6 Å². The van der Waals surface area contributed by atoms with Gasteiger partial charge in [-0.2, -0.15) is 0 Å². The molecule has 3 amide bonds. The maximum absolute atomic E-state index is 13.2. The van der Waals surface area contributed by atoms with Crippen molar-refractivity contribution in [2.24, 2.45) is 0 Å². The summed E-state index contributed by atoms with van der Waals surface area (Å²) in [4.78, 5) is 48.9. The van der Waals surface area contributed by atoms with Crippen LogP contribution >= 0.6 is 0 Å². The van der Waals surface area contributed by atoms with Crippen LogP contribution in [-0.4, -0.2) is 51.6 Å². The number of H-pyrrole nitrogens is 1. The van der Waals surface area contributed by atoms with Crippen molar-refractivity contribution in [2.45, 2.75) is 31.7 Å². The highest BCUT2D eigenvalue weighted by Crippen LogP contribution is 2.40. The predicted molar refractivity (Wildman–Crippen MR) is 120 cm³/mol. The predicted octanol–water partition coefficient (Wildman–Crippen LogP) is 3.06. The number of likely N-dealkylation sites (tertiary alicyclic amines) is 1. The van der Waals surface area contributed by atoms with Crippen LogP contribution in [0.25, 0.3) is 11.1 Å². The van der Waals surface area contributed by atoms with E-state index in [1.165, 1.54) is 11.9 Å². The van der Waals surface area contributed by atoms with Crippen LogP contribution in [-0.2, 0) is 26.3 Å². The van der Waals surface area contributed by atoms with Crippen molar-refractivity contribution in [3.63, 3.8) is 0 Å². The minimum absolute atomic E-state index is 0.0214. The van der Waals surface area contributed by atoms with E-state index >= 15 is 0 Å². The van der Waals surface area contributed by atoms with Crippen molar-refractivity contribution < 1.29 is 14.4 Å². The van der Waals surface area contributed by atoms with E-state index in [1.807, 2.05) is 61.5 Å². The Morgan fingerprint density at radius 3 is 2.31 bits per heavy atom. The second-order valence-corrected chi connectivity index (χ2v) is 8.40. The molecule has 0 bridgehead atoms. The first-order valence-corrected chi connectivity index (χ1v) is 10.5. The summed E-state index contributed by atoms with van der Waals surface area (Å²) in [7, 11) is 3.15. The maximum Gasteiger partial charge on any atom is 0.240 e. The molecule has 32 heavy (non-hydrogen) atoms. The molecule has 1 aromatic heterocycles. The molecule has 1 saturated heterocycles. The maximum atomic E-state index is 13.2. The van der Waals surface area contributed by atoms with Crippen LogP contribution in [0.1, 0.15) is 29.9 Å². The first-order valence-electron chi connectivity index (χ1n) is 10.5. The largest absolute Gasteiger partial charge is 0.345 e. The average molecular weight is 431 g/mol. The molecule has 2 heterocycles. The van der Waals surface area contributed by atoms with Crippen LogP contribution in [0.4, 0.5) is 0 Å². The van der Waals surface area contributed by atoms with Gasteiger partial charge >= 0.3 is 0 Å². The normalized spacial score (nSPS) is 18.3. The lowest BCUT2D eigenvalue weighted by atomic mass is 9.75. The summed E-state index contributed by atoms with van der Waals surface area (Å²) in [6, 6.07) is 17.5. The van der Waals surface area contributed by atoms with Crippen molar-refractivity contribution in [2.75, 3.05) is 14.1 Å². The highest BCUT2D eigenvalue weighted by atomic mass is 16.2. The number of carbonyl (C=O) groups is 3. The standard InChI is InChI=1S/C25H26N4O3/c1-17-15-26-21(27-17)16-28(2)22(30)13-25(14-23(31)29(3)24(25)32)20-11-9-19(10-12-20)18-7-5-4-6-8-18/h4-12,15H,13-14,16H2,1-3H3,(H,26,27). The summed E-state index contributed by atoms with van der Waals surface area (Å²) in [5.74, 6) is -0.169. The van der Waals surface area contributed by atoms with Crippen molar-refractivity contribution in [3.05, 3.63) is 77.9 Å². The Morgan fingerprint density at radius 1 is 1.09 bits per heavy atom. The molecule has 7 heteroatoms. The van der Waals surface area contributed by atoms with E-state index in [0.29, 0.717) is 17.9 Å². The molecule has 0 saturated carbocycles. The average Bonchev–Trinajstić information content (AvgIpc) is 3.30. The van der Waals surface area contributed by atoms with Gasteiger partial charge in [-0.3, -0.25) is 19.3 Å². The van der Waals surface area contributed by atoms with Crippen molar-refractivity contribution in [1.82, 2.24) is 19.8 Å². The van der Waals surface area contributed by atoms with E-state index in [0.717, 1.165) is 21.7 Å². The molecule has 1 aliphatic rings. The summed E-state index contributed by atoms with van der Waals surface area (Å²) in [6.45, 7) is 2.19. The molecule has 1 aliphatic heterocycles. The van der Waals surface area contributed by atoms with Gasteiger partial charge in [0.2, 0.25) is 17.7 Å². The second-order valence-electron chi connectivity index (χ2n) is 8.40. The molecule has 3 aromatic rings. The van der Waals surface area contributed by atoms with Gasteiger partial charge in [0.15, 0.2) is 0 Å². The van der Waals surface area contributed by atoms with E-state index in [-0.39, 0.29) is 30.6 Å². The summed E-state index contributed by atoms with van der Waals surface area (Å²) in [5, 5.41) is 0. The Morgan fingerprint density at radius 2 is 1.75 bits per heavy atom. The van der Waals surface area contributed by atoms with Gasteiger partial charge in [-0.1, -0.05) is 54.6 Å². The number of rotatable bonds is 6. The van der Waals surface area contributed by atoms with Crippen LogP contribution < -0.4 is 0 Å². The number of nitrogens with zero attached hydrogens (tertiary/aromatic N) is 3. The fourth-order valence-electron chi connectivity index (χ4n) is 4.22. The molecule has 1 N–H and O–H groups in total. The van der Waals surface area contributed by atoms with Crippen LogP contribution in [0.3, 0.4) is 0 Å². The van der Waals surface area contributed by atoms with Crippen molar-refractivity contribution in [3.8, 4) is 11.1 Å². The van der Waals surface area contributed by atoms with Crippen molar-refractivity contribution >= 4 is 17.7 Å². The molecule has 2 aromatic carbocycles. The molecule has 1 fully saturated rings. The van der Waals surface area contributed by atoms with Crippen LogP contribution in [0.15, 0.2) is 60.8 Å². The first-order chi connectivity index (χ1) is 15.3. The number of carbonyl (C=O) groups excluding carboxylic acids is 3. The quantitative estimate of drug-likeness (QED) is 0.609. The topological polar surface area (TPSA) is 86.4 Å². The minimum Gasteiger partial charge on any atom is -0.345 e. The van der Waals surface area contributed by atoms with E-state index < -0.39 is 5.41 Å². The number of imide groups is 1. The Hall–Kier alpha value is -3.74. The number of nitrogens with one attached hydrogen (secondary N) is 1. The Labute approximate surface area is 187 Å². The first kappa shape index (κ1) is 21.5. The summed E-state index contributed by atoms with van der Waals surface area (Å²) in [6.07, 6.45) is 1.60. The number of hydrogen-bond acceptors (Lipinski definition) is 4. The molecule has 0 spiro atoms. The third-order valence-electron chi connectivity index (χ3n) is 6.11. The number of imidazole rings is 1. The zero-order valence-electron chi connectivity index (χ0n) is 18.5. The molecule has 7 nitrogen and oxygen atoms in total. The zero-order chi connectivity index (χ0) is 22.9. The lowest BCUT2D eigenvalue weighted by molar-refractivity contribution is -0.141. The SMILES string of the molecule is Cc1cnc(CN(C)C(=O)CC2(c3ccc(-c4ccccc4)cc3)CC(=O)N(C)C2=O)[nH]1. The summed E-state index contributed by atoms with van der Waals surface area (Å²) in [5.41, 5.74) is 2.45. The number of benzene rings is 2. The minimum atomic E-state index is -1.20. The van der Waals surface area contributed by atoms with Gasteiger partial charge in [0, 0.05) is 38.8 Å². The fraction of sp³-hybridized carbons (Fsp3) is 0.280. The molecule has 164 valence electrons. The molecule has 1 atom stereocenters. The number of aromatic amines is 1. The number of aromatic nitrogens is 2. The van der Waals surface area contributed by atoms with Gasteiger partial charge in [0.25, 0.3) is 0 Å². The Kier molecular flexibility index (Phi) is 5.65. The fourth-order valence-corrected chi connectivity index (χ4v) is 4.22. The van der Waals surface area contributed by atoms with E-state index in [4.69, 9.17) is 0 Å². The monoisotopic (exact) mass is 430 g/mol. The second kappa shape index (κ2) is 8.42. The van der Waals surface area contributed by atoms with Crippen LogP contribution in [0, 0.1) is 6.92 Å². The highest BCUT2D eigenvalue weighted by molar-refractivity contribution is 6.10. The van der Waals surface area contributed by atoms with E-state index in [9.17, 15) is 14.4 Å². The number of hydrogen-bond donors (Lipinski definition) is 1. The van der Waals surface area contributed by atoms with Gasteiger partial charge in [-0.15, -0.1) is 0 Å². The van der Waals surface area contributed by atoms with Gasteiger partial charge < -0.3 is 9.88 Å². The van der Waals surface area contributed by atoms with E-state index in [2.05, 4.69) is 9.97 Å². The zero-order valence-corrected chi connectivity index (χ0v) is 18.5. The summed E-state index contributed by atoms with van der Waals surface area (Å²) < 4.78 is 0. The summed E-state index contributed by atoms with van der Waals surface area (Å²) >= 11 is 0. The smallest absolute Gasteiger partial charge is 0.240 e. The third kappa shape index (κ3) is 3.93. The van der Waals surface area contributed by atoms with Crippen LogP contribution in [0.5, 0.6) is 0 Å². The molecule has 0 radical (unpaired) electrons. The number of aryl methyl sites for hydroxylation is 1. The number of likely N-dealkylation sites (N-methyl/N-ethyl adjacent to an activating group) is 1. The van der Waals surface area contributed by atoms with Gasteiger partial charge in [0.05, 0.1) is 12.0 Å². The molecule has 1 unspecified atom stereocenters. The van der Waals surface area contributed by atoms with E-state index in [1.54, 1.807) is 13.2 Å². The molecular formula is C25H26N4O3. The lowest BCUT2D eigenvalue weighted by Crippen LogP contribution is -2.41. The molecular weight excluding hydrogens is 404 g/mol. The Bertz CT molecular complexity index is 1150. The van der Waals surface area contributed by atoms with Crippen LogP contribution in [0.2, 0.25) is 0 Å². The lowest BCUT2D eigenvalue weighted by Gasteiger charge is -2.28. The molecule has 0 aliphatic carbocycles. The van der Waals surface area contributed by atoms with Gasteiger partial charge in [0.1, 0.15) is 5.82 Å².